The highest BCUT2D eigenvalue weighted by Crippen LogP contribution is 2.20. The molecule has 2 rings (SSSR count). The molecule has 1 heterocycles. The summed E-state index contributed by atoms with van der Waals surface area (Å²) in [7, 11) is 1.50. The van der Waals surface area contributed by atoms with Crippen LogP contribution in [0.4, 0.5) is 11.4 Å². The van der Waals surface area contributed by atoms with Gasteiger partial charge < -0.3 is 20.1 Å². The second kappa shape index (κ2) is 7.26. The lowest BCUT2D eigenvalue weighted by Crippen LogP contribution is -2.19. The lowest BCUT2D eigenvalue weighted by Gasteiger charge is -2.13. The van der Waals surface area contributed by atoms with Crippen LogP contribution in [-0.2, 0) is 14.3 Å². The molecular formula is C15H22N2O3. The number of hydrogen-bond acceptors (Lipinski definition) is 4. The van der Waals surface area contributed by atoms with Crippen molar-refractivity contribution < 1.29 is 14.3 Å². The van der Waals surface area contributed by atoms with E-state index in [4.69, 9.17) is 9.47 Å². The fourth-order valence-electron chi connectivity index (χ4n) is 2.27. The first kappa shape index (κ1) is 14.8. The van der Waals surface area contributed by atoms with Crippen LogP contribution < -0.4 is 10.6 Å². The molecule has 0 radical (unpaired) electrons. The van der Waals surface area contributed by atoms with Crippen molar-refractivity contribution in [1.82, 2.24) is 0 Å². The lowest BCUT2D eigenvalue weighted by atomic mass is 10.2. The molecule has 5 heteroatoms. The summed E-state index contributed by atoms with van der Waals surface area (Å²) in [5.74, 6) is -0.151. The highest BCUT2D eigenvalue weighted by molar-refractivity contribution is 5.91. The van der Waals surface area contributed by atoms with E-state index in [1.165, 1.54) is 7.11 Å². The minimum Gasteiger partial charge on any atom is -0.382 e. The average Bonchev–Trinajstić information content (AvgIpc) is 2.84. The molecule has 2 N–H and O–H groups in total. The van der Waals surface area contributed by atoms with E-state index in [0.29, 0.717) is 12.2 Å². The molecule has 1 aliphatic rings. The summed E-state index contributed by atoms with van der Waals surface area (Å²) in [6.45, 7) is 2.99. The Labute approximate surface area is 119 Å². The summed E-state index contributed by atoms with van der Waals surface area (Å²) < 4.78 is 10.5. The van der Waals surface area contributed by atoms with Gasteiger partial charge in [0.05, 0.1) is 12.2 Å². The predicted molar refractivity (Wildman–Crippen MR) is 79.0 cm³/mol. The van der Waals surface area contributed by atoms with Crippen LogP contribution >= 0.6 is 0 Å². The van der Waals surface area contributed by atoms with E-state index in [-0.39, 0.29) is 12.5 Å². The van der Waals surface area contributed by atoms with Crippen LogP contribution in [-0.4, -0.2) is 38.4 Å². The third-order valence-electron chi connectivity index (χ3n) is 3.30. The number of nitrogens with one attached hydrogen (secondary N) is 2. The van der Waals surface area contributed by atoms with Gasteiger partial charge in [-0.25, -0.2) is 0 Å². The van der Waals surface area contributed by atoms with Crippen LogP contribution in [0.2, 0.25) is 0 Å². The Hall–Kier alpha value is -1.59. The molecule has 0 bridgehead atoms. The van der Waals surface area contributed by atoms with Gasteiger partial charge in [-0.15, -0.1) is 0 Å². The molecule has 110 valence electrons. The molecule has 2 atom stereocenters. The number of benzene rings is 1. The fraction of sp³-hybridized carbons (Fsp3) is 0.533. The van der Waals surface area contributed by atoms with Crippen molar-refractivity contribution in [2.45, 2.75) is 32.0 Å². The molecule has 0 aromatic heterocycles. The Morgan fingerprint density at radius 2 is 2.00 bits per heavy atom. The molecule has 0 aliphatic carbocycles. The minimum atomic E-state index is -0.151. The number of hydrogen-bond donors (Lipinski definition) is 2. The molecule has 1 aliphatic heterocycles. The number of carbonyl (C=O) groups excluding carboxylic acids is 1. The van der Waals surface area contributed by atoms with Crippen molar-refractivity contribution in [3.05, 3.63) is 24.3 Å². The molecule has 1 amide bonds. The zero-order valence-electron chi connectivity index (χ0n) is 12.0. The number of amides is 1. The quantitative estimate of drug-likeness (QED) is 0.838. The van der Waals surface area contributed by atoms with Gasteiger partial charge in [0.15, 0.2) is 0 Å². The Morgan fingerprint density at radius 1 is 1.30 bits per heavy atom. The zero-order valence-corrected chi connectivity index (χ0v) is 12.0. The molecule has 5 nitrogen and oxygen atoms in total. The minimum absolute atomic E-state index is 0.0667. The number of methoxy groups -OCH3 is 1. The van der Waals surface area contributed by atoms with Crippen molar-refractivity contribution in [1.29, 1.82) is 0 Å². The standard InChI is InChI=1S/C15H22N2O3/c1-11-3-8-14(20-11)9-16-12-4-6-13(7-5-12)17-15(18)10-19-2/h4-7,11,14,16H,3,8-10H2,1-2H3,(H,17,18). The first-order valence-corrected chi connectivity index (χ1v) is 6.95. The number of anilines is 2. The van der Waals surface area contributed by atoms with Gasteiger partial charge in [-0.05, 0) is 44.0 Å². The smallest absolute Gasteiger partial charge is 0.250 e. The van der Waals surface area contributed by atoms with E-state index < -0.39 is 0 Å². The van der Waals surface area contributed by atoms with Gasteiger partial charge in [-0.3, -0.25) is 4.79 Å². The summed E-state index contributed by atoms with van der Waals surface area (Å²) in [5, 5.41) is 6.11. The van der Waals surface area contributed by atoms with Crippen molar-refractivity contribution in [3.63, 3.8) is 0 Å². The van der Waals surface area contributed by atoms with Gasteiger partial charge in [0.1, 0.15) is 6.61 Å². The van der Waals surface area contributed by atoms with Gasteiger partial charge in [0.25, 0.3) is 0 Å². The maximum atomic E-state index is 11.4. The highest BCUT2D eigenvalue weighted by atomic mass is 16.5. The number of rotatable bonds is 6. The van der Waals surface area contributed by atoms with Crippen molar-refractivity contribution in [2.24, 2.45) is 0 Å². The summed E-state index contributed by atoms with van der Waals surface area (Å²) in [4.78, 5) is 11.4. The summed E-state index contributed by atoms with van der Waals surface area (Å²) in [5.41, 5.74) is 1.79. The Kier molecular flexibility index (Phi) is 5.38. The van der Waals surface area contributed by atoms with E-state index in [2.05, 4.69) is 17.6 Å². The van der Waals surface area contributed by atoms with E-state index in [9.17, 15) is 4.79 Å². The number of carbonyl (C=O) groups is 1. The van der Waals surface area contributed by atoms with Crippen molar-refractivity contribution in [3.8, 4) is 0 Å². The molecule has 1 saturated heterocycles. The first-order chi connectivity index (χ1) is 9.67. The van der Waals surface area contributed by atoms with E-state index in [1.807, 2.05) is 24.3 Å². The summed E-state index contributed by atoms with van der Waals surface area (Å²) >= 11 is 0. The Morgan fingerprint density at radius 3 is 2.60 bits per heavy atom. The molecule has 1 aromatic carbocycles. The molecular weight excluding hydrogens is 256 g/mol. The predicted octanol–water partition coefficient (Wildman–Crippen LogP) is 2.25. The molecule has 2 unspecified atom stereocenters. The van der Waals surface area contributed by atoms with E-state index in [1.54, 1.807) is 0 Å². The lowest BCUT2D eigenvalue weighted by molar-refractivity contribution is -0.119. The van der Waals surface area contributed by atoms with Crippen molar-refractivity contribution >= 4 is 17.3 Å². The maximum Gasteiger partial charge on any atom is 0.250 e. The molecule has 20 heavy (non-hydrogen) atoms. The highest BCUT2D eigenvalue weighted by Gasteiger charge is 2.21. The summed E-state index contributed by atoms with van der Waals surface area (Å²) in [6.07, 6.45) is 2.92. The SMILES string of the molecule is COCC(=O)Nc1ccc(NCC2CCC(C)O2)cc1. The topological polar surface area (TPSA) is 59.6 Å². The summed E-state index contributed by atoms with van der Waals surface area (Å²) in [6, 6.07) is 7.63. The fourth-order valence-corrected chi connectivity index (χ4v) is 2.27. The normalized spacial score (nSPS) is 21.7. The molecule has 0 spiro atoms. The molecule has 1 aromatic rings. The monoisotopic (exact) mass is 278 g/mol. The zero-order chi connectivity index (χ0) is 14.4. The average molecular weight is 278 g/mol. The van der Waals surface area contributed by atoms with E-state index >= 15 is 0 Å². The van der Waals surface area contributed by atoms with Gasteiger partial charge in [-0.2, -0.15) is 0 Å². The van der Waals surface area contributed by atoms with Crippen LogP contribution in [0.15, 0.2) is 24.3 Å². The third-order valence-corrected chi connectivity index (χ3v) is 3.30. The molecule has 0 saturated carbocycles. The van der Waals surface area contributed by atoms with Gasteiger partial charge in [0, 0.05) is 25.0 Å². The van der Waals surface area contributed by atoms with Crippen LogP contribution in [0, 0.1) is 0 Å². The van der Waals surface area contributed by atoms with Crippen LogP contribution in [0.3, 0.4) is 0 Å². The van der Waals surface area contributed by atoms with Crippen LogP contribution in [0.1, 0.15) is 19.8 Å². The second-order valence-corrected chi connectivity index (χ2v) is 5.09. The molecule has 1 fully saturated rings. The van der Waals surface area contributed by atoms with Gasteiger partial charge in [0.2, 0.25) is 5.91 Å². The Bertz CT molecular complexity index is 433. The van der Waals surface area contributed by atoms with Gasteiger partial charge >= 0.3 is 0 Å². The van der Waals surface area contributed by atoms with Crippen LogP contribution in [0.5, 0.6) is 0 Å². The van der Waals surface area contributed by atoms with E-state index in [0.717, 1.165) is 30.8 Å². The first-order valence-electron chi connectivity index (χ1n) is 6.95. The largest absolute Gasteiger partial charge is 0.382 e. The number of ether oxygens (including phenoxy) is 2. The van der Waals surface area contributed by atoms with Crippen molar-refractivity contribution in [2.75, 3.05) is 30.9 Å². The Balaban J connectivity index is 1.78. The third kappa shape index (κ3) is 4.51. The van der Waals surface area contributed by atoms with Crippen LogP contribution in [0.25, 0.3) is 0 Å². The van der Waals surface area contributed by atoms with Gasteiger partial charge in [-0.1, -0.05) is 0 Å². The maximum absolute atomic E-state index is 11.4. The second-order valence-electron chi connectivity index (χ2n) is 5.09.